The van der Waals surface area contributed by atoms with Crippen LogP contribution in [-0.2, 0) is 6.42 Å². The lowest BCUT2D eigenvalue weighted by Gasteiger charge is -2.15. The standard InChI is InChI=1S/C22H26N2OSSi/c1-27(2,3)14-12-16-6-8-17(9-7-16)22(25)24-20-15-18(10-11-19(20)23)21-5-4-13-26-21/h4-11,13,15H,12,14,23H2,1-3H3,(H,24,25). The van der Waals surface area contributed by atoms with Crippen LogP contribution in [0, 0.1) is 0 Å². The van der Waals surface area contributed by atoms with E-state index in [-0.39, 0.29) is 5.91 Å². The van der Waals surface area contributed by atoms with Crippen LogP contribution in [0.25, 0.3) is 10.4 Å². The molecular weight excluding hydrogens is 368 g/mol. The fraction of sp³-hybridized carbons (Fsp3) is 0.227. The second-order valence-corrected chi connectivity index (χ2v) is 14.6. The number of aryl methyl sites for hydroxylation is 1. The largest absolute Gasteiger partial charge is 0.397 e. The maximum atomic E-state index is 12.6. The van der Waals surface area contributed by atoms with Gasteiger partial charge < -0.3 is 11.1 Å². The van der Waals surface area contributed by atoms with Gasteiger partial charge in [0.25, 0.3) is 5.91 Å². The third-order valence-corrected chi connectivity index (χ3v) is 7.16. The Labute approximate surface area is 166 Å². The predicted molar refractivity (Wildman–Crippen MR) is 120 cm³/mol. The van der Waals surface area contributed by atoms with Gasteiger partial charge in [-0.2, -0.15) is 0 Å². The van der Waals surface area contributed by atoms with Gasteiger partial charge in [0, 0.05) is 18.5 Å². The van der Waals surface area contributed by atoms with Gasteiger partial charge in [-0.1, -0.05) is 50.0 Å². The number of nitrogens with two attached hydrogens (primary N) is 1. The number of hydrogen-bond donors (Lipinski definition) is 2. The summed E-state index contributed by atoms with van der Waals surface area (Å²) in [6.07, 6.45) is 1.08. The van der Waals surface area contributed by atoms with E-state index in [0.717, 1.165) is 16.9 Å². The molecule has 0 aliphatic heterocycles. The molecule has 3 rings (SSSR count). The van der Waals surface area contributed by atoms with E-state index in [2.05, 4.69) is 43.2 Å². The van der Waals surface area contributed by atoms with Crippen LogP contribution in [0.4, 0.5) is 11.4 Å². The van der Waals surface area contributed by atoms with Crippen LogP contribution in [-0.4, -0.2) is 14.0 Å². The Kier molecular flexibility index (Phi) is 5.82. The van der Waals surface area contributed by atoms with Gasteiger partial charge in [0.2, 0.25) is 0 Å². The highest BCUT2D eigenvalue weighted by molar-refractivity contribution is 7.13. The smallest absolute Gasteiger partial charge is 0.255 e. The minimum Gasteiger partial charge on any atom is -0.397 e. The quantitative estimate of drug-likeness (QED) is 0.390. The molecule has 3 N–H and O–H groups in total. The minimum absolute atomic E-state index is 0.137. The summed E-state index contributed by atoms with van der Waals surface area (Å²) in [4.78, 5) is 13.8. The van der Waals surface area contributed by atoms with Gasteiger partial charge in [0.05, 0.1) is 11.4 Å². The first-order valence-corrected chi connectivity index (χ1v) is 13.7. The third kappa shape index (κ3) is 5.31. The molecule has 0 spiro atoms. The lowest BCUT2D eigenvalue weighted by Crippen LogP contribution is -2.20. The lowest BCUT2D eigenvalue weighted by molar-refractivity contribution is 0.102. The minimum atomic E-state index is -1.05. The second kappa shape index (κ2) is 8.11. The van der Waals surface area contributed by atoms with Gasteiger partial charge in [-0.3, -0.25) is 4.79 Å². The molecule has 0 unspecified atom stereocenters. The summed E-state index contributed by atoms with van der Waals surface area (Å²) in [6, 6.07) is 19.0. The number of amides is 1. The molecule has 0 atom stereocenters. The average Bonchev–Trinajstić information content (AvgIpc) is 3.16. The van der Waals surface area contributed by atoms with E-state index in [1.165, 1.54) is 11.6 Å². The van der Waals surface area contributed by atoms with Crippen molar-refractivity contribution in [2.75, 3.05) is 11.1 Å². The normalized spacial score (nSPS) is 11.4. The second-order valence-electron chi connectivity index (χ2n) is 7.99. The molecular formula is C22H26N2OSSi. The maximum Gasteiger partial charge on any atom is 0.255 e. The van der Waals surface area contributed by atoms with Crippen LogP contribution in [0.15, 0.2) is 60.0 Å². The molecule has 140 valence electrons. The van der Waals surface area contributed by atoms with Crippen molar-refractivity contribution in [1.82, 2.24) is 0 Å². The predicted octanol–water partition coefficient (Wildman–Crippen LogP) is 6.13. The van der Waals surface area contributed by atoms with E-state index in [4.69, 9.17) is 5.73 Å². The molecule has 3 aromatic rings. The first kappa shape index (κ1) is 19.4. The molecule has 5 heteroatoms. The molecule has 2 aromatic carbocycles. The van der Waals surface area contributed by atoms with Crippen molar-refractivity contribution < 1.29 is 4.79 Å². The van der Waals surface area contributed by atoms with Crippen molar-refractivity contribution in [3.05, 3.63) is 71.1 Å². The monoisotopic (exact) mass is 394 g/mol. The number of benzene rings is 2. The highest BCUT2D eigenvalue weighted by Crippen LogP contribution is 2.30. The number of carbonyl (C=O) groups is 1. The molecule has 0 saturated heterocycles. The molecule has 0 radical (unpaired) electrons. The summed E-state index contributed by atoms with van der Waals surface area (Å²) in [5, 5.41) is 4.99. The Balaban J connectivity index is 1.71. The number of carbonyl (C=O) groups excluding carboxylic acids is 1. The summed E-state index contributed by atoms with van der Waals surface area (Å²) in [6.45, 7) is 7.14. The lowest BCUT2D eigenvalue weighted by atomic mass is 10.1. The van der Waals surface area contributed by atoms with E-state index in [0.29, 0.717) is 16.9 Å². The van der Waals surface area contributed by atoms with Gasteiger partial charge in [-0.25, -0.2) is 0 Å². The van der Waals surface area contributed by atoms with E-state index in [1.807, 2.05) is 41.8 Å². The SMILES string of the molecule is C[Si](C)(C)CCc1ccc(C(=O)Nc2cc(-c3cccs3)ccc2N)cc1. The first-order chi connectivity index (χ1) is 12.8. The number of thiophene rings is 1. The number of hydrogen-bond acceptors (Lipinski definition) is 3. The molecule has 3 nitrogen and oxygen atoms in total. The fourth-order valence-electron chi connectivity index (χ4n) is 2.80. The fourth-order valence-corrected chi connectivity index (χ4v) is 4.56. The van der Waals surface area contributed by atoms with Crippen molar-refractivity contribution in [2.24, 2.45) is 0 Å². The van der Waals surface area contributed by atoms with Crippen molar-refractivity contribution in [1.29, 1.82) is 0 Å². The van der Waals surface area contributed by atoms with Crippen molar-refractivity contribution in [2.45, 2.75) is 32.1 Å². The maximum absolute atomic E-state index is 12.6. The zero-order chi connectivity index (χ0) is 19.4. The van der Waals surface area contributed by atoms with Gasteiger partial charge in [-0.05, 0) is 53.3 Å². The van der Waals surface area contributed by atoms with Crippen LogP contribution in [0.3, 0.4) is 0 Å². The van der Waals surface area contributed by atoms with E-state index < -0.39 is 8.07 Å². The highest BCUT2D eigenvalue weighted by Gasteiger charge is 2.13. The Morgan fingerprint density at radius 1 is 1.07 bits per heavy atom. The van der Waals surface area contributed by atoms with Crippen molar-refractivity contribution >= 4 is 36.7 Å². The molecule has 0 aliphatic rings. The number of nitrogen functional groups attached to an aromatic ring is 1. The zero-order valence-corrected chi connectivity index (χ0v) is 17.9. The van der Waals surface area contributed by atoms with Crippen molar-refractivity contribution in [3.63, 3.8) is 0 Å². The van der Waals surface area contributed by atoms with E-state index >= 15 is 0 Å². The van der Waals surface area contributed by atoms with Crippen LogP contribution < -0.4 is 11.1 Å². The summed E-state index contributed by atoms with van der Waals surface area (Å²) in [5.41, 5.74) is 10.3. The summed E-state index contributed by atoms with van der Waals surface area (Å²) < 4.78 is 0. The Bertz CT molecular complexity index is 912. The molecule has 1 amide bonds. The van der Waals surface area contributed by atoms with Crippen LogP contribution in [0.5, 0.6) is 0 Å². The third-order valence-electron chi connectivity index (χ3n) is 4.49. The summed E-state index contributed by atoms with van der Waals surface area (Å²) in [5.74, 6) is -0.137. The van der Waals surface area contributed by atoms with Gasteiger partial charge >= 0.3 is 0 Å². The molecule has 0 saturated carbocycles. The molecule has 1 heterocycles. The summed E-state index contributed by atoms with van der Waals surface area (Å²) in [7, 11) is -1.05. The Hall–Kier alpha value is -2.37. The Morgan fingerprint density at radius 3 is 2.44 bits per heavy atom. The molecule has 0 fully saturated rings. The van der Waals surface area contributed by atoms with Gasteiger partial charge in [-0.15, -0.1) is 11.3 Å². The van der Waals surface area contributed by atoms with Gasteiger partial charge in [0.15, 0.2) is 0 Å². The molecule has 0 bridgehead atoms. The number of anilines is 2. The number of nitrogens with one attached hydrogen (secondary N) is 1. The zero-order valence-electron chi connectivity index (χ0n) is 16.1. The van der Waals surface area contributed by atoms with Crippen LogP contribution in [0.1, 0.15) is 15.9 Å². The molecule has 0 aliphatic carbocycles. The first-order valence-electron chi connectivity index (χ1n) is 9.15. The molecule has 1 aromatic heterocycles. The van der Waals surface area contributed by atoms with E-state index in [1.54, 1.807) is 11.3 Å². The molecule has 27 heavy (non-hydrogen) atoms. The van der Waals surface area contributed by atoms with E-state index in [9.17, 15) is 4.79 Å². The number of rotatable bonds is 6. The Morgan fingerprint density at radius 2 is 1.81 bits per heavy atom. The van der Waals surface area contributed by atoms with Gasteiger partial charge in [0.1, 0.15) is 0 Å². The van der Waals surface area contributed by atoms with Crippen LogP contribution >= 0.6 is 11.3 Å². The van der Waals surface area contributed by atoms with Crippen LogP contribution in [0.2, 0.25) is 25.7 Å². The average molecular weight is 395 g/mol. The highest BCUT2D eigenvalue weighted by atomic mass is 32.1. The van der Waals surface area contributed by atoms with Crippen molar-refractivity contribution in [3.8, 4) is 10.4 Å². The summed E-state index contributed by atoms with van der Waals surface area (Å²) >= 11 is 1.66. The topological polar surface area (TPSA) is 55.1 Å².